The van der Waals surface area contributed by atoms with Crippen LogP contribution in [0.25, 0.3) is 0 Å². The molecule has 3 N–H and O–H groups in total. The topological polar surface area (TPSA) is 148 Å². The zero-order valence-electron chi connectivity index (χ0n) is 18.1. The predicted octanol–water partition coefficient (Wildman–Crippen LogP) is 3.10. The van der Waals surface area contributed by atoms with Crippen LogP contribution in [0, 0.1) is 6.92 Å². The third kappa shape index (κ3) is 5.91. The SMILES string of the molecule is COc1ccc(C(=O)S(=O)(=O)Nc2ccccc2NC(=O)NS(=O)(=O)c2ccc(C)cc2)cc1. The Kier molecular flexibility index (Phi) is 7.23. The van der Waals surface area contributed by atoms with E-state index in [2.05, 4.69) is 10.0 Å². The number of ether oxygens (including phenoxy) is 1. The molecular weight excluding hydrogens is 482 g/mol. The van der Waals surface area contributed by atoms with E-state index in [0.717, 1.165) is 5.56 Å². The van der Waals surface area contributed by atoms with Crippen molar-refractivity contribution in [2.75, 3.05) is 17.1 Å². The minimum absolute atomic E-state index is 0.0646. The molecule has 3 aromatic carbocycles. The Morgan fingerprint density at radius 2 is 1.38 bits per heavy atom. The first-order valence-corrected chi connectivity index (χ1v) is 12.7. The van der Waals surface area contributed by atoms with Crippen LogP contribution in [0.2, 0.25) is 0 Å². The molecule has 0 fully saturated rings. The maximum absolute atomic E-state index is 12.6. The molecule has 2 amide bonds. The van der Waals surface area contributed by atoms with E-state index < -0.39 is 31.2 Å². The van der Waals surface area contributed by atoms with E-state index >= 15 is 0 Å². The summed E-state index contributed by atoms with van der Waals surface area (Å²) < 4.78 is 59.0. The number of rotatable bonds is 7. The largest absolute Gasteiger partial charge is 0.497 e. The molecule has 0 aliphatic heterocycles. The van der Waals surface area contributed by atoms with Crippen LogP contribution in [0.5, 0.6) is 5.75 Å². The molecule has 0 unspecified atom stereocenters. The van der Waals surface area contributed by atoms with E-state index in [1.807, 2.05) is 4.72 Å². The van der Waals surface area contributed by atoms with Crippen LogP contribution in [-0.4, -0.2) is 35.1 Å². The van der Waals surface area contributed by atoms with E-state index in [0.29, 0.717) is 5.75 Å². The lowest BCUT2D eigenvalue weighted by Gasteiger charge is -2.14. The van der Waals surface area contributed by atoms with Crippen LogP contribution in [0.3, 0.4) is 0 Å². The first-order valence-electron chi connectivity index (χ1n) is 9.72. The van der Waals surface area contributed by atoms with Crippen LogP contribution in [-0.2, 0) is 20.0 Å². The Morgan fingerprint density at radius 3 is 1.97 bits per heavy atom. The maximum atomic E-state index is 12.6. The van der Waals surface area contributed by atoms with Crippen molar-refractivity contribution in [2.45, 2.75) is 11.8 Å². The van der Waals surface area contributed by atoms with Crippen molar-refractivity contribution in [1.82, 2.24) is 4.72 Å². The second-order valence-electron chi connectivity index (χ2n) is 7.04. The normalized spacial score (nSPS) is 11.4. The highest BCUT2D eigenvalue weighted by Gasteiger charge is 2.25. The van der Waals surface area contributed by atoms with Crippen molar-refractivity contribution in [2.24, 2.45) is 0 Å². The average Bonchev–Trinajstić information content (AvgIpc) is 2.79. The summed E-state index contributed by atoms with van der Waals surface area (Å²) >= 11 is 0. The summed E-state index contributed by atoms with van der Waals surface area (Å²) in [7, 11) is -7.28. The Bertz CT molecular complexity index is 1420. The molecule has 3 aromatic rings. The summed E-state index contributed by atoms with van der Waals surface area (Å²) in [5.41, 5.74) is 0.548. The van der Waals surface area contributed by atoms with Gasteiger partial charge in [-0.2, -0.15) is 8.42 Å². The Hall–Kier alpha value is -3.90. The standard InChI is InChI=1S/C22H21N3O7S2/c1-15-7-13-18(14-8-15)33(28,29)25-22(27)23-19-5-3-4-6-20(19)24-34(30,31)21(26)16-9-11-17(32-2)12-10-16/h3-14,24H,1-2H3,(H2,23,25,27). The minimum Gasteiger partial charge on any atom is -0.497 e. The monoisotopic (exact) mass is 503 g/mol. The summed E-state index contributed by atoms with van der Waals surface area (Å²) in [5, 5.41) is 1.08. The predicted molar refractivity (Wildman–Crippen MR) is 127 cm³/mol. The van der Waals surface area contributed by atoms with Gasteiger partial charge >= 0.3 is 16.1 Å². The highest BCUT2D eigenvalue weighted by atomic mass is 32.2. The number of carbonyl (C=O) groups excluding carboxylic acids is 2. The quantitative estimate of drug-likeness (QED) is 0.449. The fourth-order valence-electron chi connectivity index (χ4n) is 2.80. The number of amides is 2. The second-order valence-corrected chi connectivity index (χ2v) is 10.3. The van der Waals surface area contributed by atoms with Crippen molar-refractivity contribution in [3.8, 4) is 5.75 Å². The number of urea groups is 1. The molecule has 0 spiro atoms. The van der Waals surface area contributed by atoms with Gasteiger partial charge in [0.15, 0.2) is 0 Å². The number of aryl methyl sites for hydroxylation is 1. The number of methoxy groups -OCH3 is 1. The summed E-state index contributed by atoms with van der Waals surface area (Å²) in [4.78, 5) is 24.7. The van der Waals surface area contributed by atoms with Gasteiger partial charge in [0.1, 0.15) is 5.75 Å². The van der Waals surface area contributed by atoms with Gasteiger partial charge in [0.25, 0.3) is 15.1 Å². The van der Waals surface area contributed by atoms with Gasteiger partial charge < -0.3 is 10.1 Å². The van der Waals surface area contributed by atoms with Crippen LogP contribution >= 0.6 is 0 Å². The number of nitrogens with one attached hydrogen (secondary N) is 3. The molecule has 178 valence electrons. The molecule has 12 heteroatoms. The Morgan fingerprint density at radius 1 is 0.794 bits per heavy atom. The summed E-state index contributed by atoms with van der Waals surface area (Å²) in [6.45, 7) is 1.79. The first kappa shape index (κ1) is 24.7. The Balaban J connectivity index is 1.76. The number of anilines is 2. The number of hydrogen-bond acceptors (Lipinski definition) is 7. The first-order chi connectivity index (χ1) is 16.0. The van der Waals surface area contributed by atoms with Gasteiger partial charge in [-0.3, -0.25) is 9.52 Å². The molecule has 0 saturated carbocycles. The molecule has 0 heterocycles. The zero-order chi connectivity index (χ0) is 24.9. The summed E-state index contributed by atoms with van der Waals surface area (Å²) in [5.74, 6) is 0.447. The van der Waals surface area contributed by atoms with Gasteiger partial charge in [-0.05, 0) is 55.5 Å². The molecule has 34 heavy (non-hydrogen) atoms. The minimum atomic E-state index is -4.55. The molecule has 0 atom stereocenters. The number of sulfonamides is 2. The van der Waals surface area contributed by atoms with Gasteiger partial charge in [0, 0.05) is 5.56 Å². The van der Waals surface area contributed by atoms with E-state index in [1.54, 1.807) is 19.1 Å². The van der Waals surface area contributed by atoms with Gasteiger partial charge in [-0.25, -0.2) is 17.9 Å². The van der Waals surface area contributed by atoms with Crippen molar-refractivity contribution in [3.63, 3.8) is 0 Å². The van der Waals surface area contributed by atoms with Gasteiger partial charge in [-0.1, -0.05) is 29.8 Å². The highest BCUT2D eigenvalue weighted by molar-refractivity contribution is 8.07. The van der Waals surface area contributed by atoms with Crippen molar-refractivity contribution < 1.29 is 31.2 Å². The molecule has 0 bridgehead atoms. The molecule has 0 saturated heterocycles. The van der Waals surface area contributed by atoms with E-state index in [9.17, 15) is 26.4 Å². The highest BCUT2D eigenvalue weighted by Crippen LogP contribution is 2.24. The molecule has 3 rings (SSSR count). The molecule has 0 aliphatic carbocycles. The average molecular weight is 504 g/mol. The molecule has 0 aromatic heterocycles. The maximum Gasteiger partial charge on any atom is 0.333 e. The van der Waals surface area contributed by atoms with Crippen LogP contribution in [0.4, 0.5) is 16.2 Å². The number of para-hydroxylation sites is 2. The van der Waals surface area contributed by atoms with E-state index in [-0.39, 0.29) is 21.8 Å². The molecule has 0 radical (unpaired) electrons. The van der Waals surface area contributed by atoms with Crippen LogP contribution in [0.1, 0.15) is 15.9 Å². The second kappa shape index (κ2) is 9.93. The summed E-state index contributed by atoms with van der Waals surface area (Å²) in [6, 6.07) is 15.8. The van der Waals surface area contributed by atoms with Gasteiger partial charge in [-0.15, -0.1) is 0 Å². The number of carbonyl (C=O) groups is 2. The lowest BCUT2D eigenvalue weighted by atomic mass is 10.2. The lowest BCUT2D eigenvalue weighted by molar-refractivity contribution is 0.107. The van der Waals surface area contributed by atoms with E-state index in [4.69, 9.17) is 4.74 Å². The number of hydrogen-bond donors (Lipinski definition) is 3. The Labute approximate surface area is 197 Å². The third-order valence-corrected chi connectivity index (χ3v) is 7.11. The fourth-order valence-corrected chi connectivity index (χ4v) is 4.71. The van der Waals surface area contributed by atoms with Gasteiger partial charge in [0.2, 0.25) is 0 Å². The van der Waals surface area contributed by atoms with Crippen molar-refractivity contribution >= 4 is 42.6 Å². The van der Waals surface area contributed by atoms with Crippen LogP contribution in [0.15, 0.2) is 77.7 Å². The molecule has 10 nitrogen and oxygen atoms in total. The zero-order valence-corrected chi connectivity index (χ0v) is 19.7. The smallest absolute Gasteiger partial charge is 0.333 e. The molecular formula is C22H21N3O7S2. The summed E-state index contributed by atoms with van der Waals surface area (Å²) in [6.07, 6.45) is 0. The van der Waals surface area contributed by atoms with Crippen molar-refractivity contribution in [1.29, 1.82) is 0 Å². The number of benzene rings is 3. The third-order valence-electron chi connectivity index (χ3n) is 4.55. The van der Waals surface area contributed by atoms with Crippen molar-refractivity contribution in [3.05, 3.63) is 83.9 Å². The fraction of sp³-hybridized carbons (Fsp3) is 0.0909. The van der Waals surface area contributed by atoms with Crippen LogP contribution < -0.4 is 19.5 Å². The molecule has 0 aliphatic rings. The van der Waals surface area contributed by atoms with Gasteiger partial charge in [0.05, 0.1) is 23.4 Å². The van der Waals surface area contributed by atoms with E-state index in [1.165, 1.54) is 67.8 Å². The lowest BCUT2D eigenvalue weighted by Crippen LogP contribution is -2.34.